The summed E-state index contributed by atoms with van der Waals surface area (Å²) in [6.07, 6.45) is 2.32. The molecule has 0 unspecified atom stereocenters. The molecule has 74 valence electrons. The van der Waals surface area contributed by atoms with Crippen molar-refractivity contribution in [3.05, 3.63) is 23.8 Å². The third-order valence-corrected chi connectivity index (χ3v) is 2.30. The van der Waals surface area contributed by atoms with Crippen LogP contribution in [0.5, 0.6) is 0 Å². The summed E-state index contributed by atoms with van der Waals surface area (Å²) in [5.41, 5.74) is 13.1. The van der Waals surface area contributed by atoms with Crippen molar-refractivity contribution in [2.75, 3.05) is 11.5 Å². The fraction of sp³-hybridized carbons (Fsp3) is 0.300. The zero-order valence-corrected chi connectivity index (χ0v) is 7.88. The Bertz CT molecular complexity index is 368. The van der Waals surface area contributed by atoms with Crippen molar-refractivity contribution in [2.45, 2.75) is 18.9 Å². The summed E-state index contributed by atoms with van der Waals surface area (Å²) >= 11 is 0. The van der Waals surface area contributed by atoms with Gasteiger partial charge in [-0.15, -0.1) is 0 Å². The van der Waals surface area contributed by atoms with E-state index < -0.39 is 0 Å². The molecule has 0 atom stereocenters. The summed E-state index contributed by atoms with van der Waals surface area (Å²) in [5, 5.41) is 10.9. The van der Waals surface area contributed by atoms with E-state index in [1.807, 2.05) is 6.07 Å². The van der Waals surface area contributed by atoms with Gasteiger partial charge in [0.15, 0.2) is 0 Å². The highest BCUT2D eigenvalue weighted by molar-refractivity contribution is 5.98. The average molecular weight is 190 g/mol. The van der Waals surface area contributed by atoms with E-state index in [2.05, 4.69) is 5.32 Å². The maximum Gasteiger partial charge on any atom is 0.125 e. The monoisotopic (exact) mass is 190 g/mol. The maximum absolute atomic E-state index is 7.76. The van der Waals surface area contributed by atoms with Gasteiger partial charge in [0.2, 0.25) is 0 Å². The van der Waals surface area contributed by atoms with E-state index in [1.165, 1.54) is 0 Å². The van der Waals surface area contributed by atoms with Crippen LogP contribution >= 0.6 is 0 Å². The topological polar surface area (TPSA) is 87.9 Å². The second-order valence-corrected chi connectivity index (χ2v) is 3.64. The number of nitrogens with one attached hydrogen (secondary N) is 2. The van der Waals surface area contributed by atoms with Gasteiger partial charge in [0.05, 0.1) is 11.4 Å². The van der Waals surface area contributed by atoms with Gasteiger partial charge in [0.1, 0.15) is 5.84 Å². The highest BCUT2D eigenvalue weighted by Gasteiger charge is 2.22. The molecule has 0 saturated heterocycles. The molecule has 0 aromatic heterocycles. The van der Waals surface area contributed by atoms with Crippen molar-refractivity contribution >= 4 is 17.2 Å². The van der Waals surface area contributed by atoms with E-state index in [-0.39, 0.29) is 0 Å². The van der Waals surface area contributed by atoms with Crippen LogP contribution in [-0.2, 0) is 0 Å². The maximum atomic E-state index is 7.76. The third-order valence-electron chi connectivity index (χ3n) is 2.30. The van der Waals surface area contributed by atoms with Crippen LogP contribution in [0.3, 0.4) is 0 Å². The minimum absolute atomic E-state index is 0.430. The number of hydrogen-bond donors (Lipinski definition) is 4. The molecule has 14 heavy (non-hydrogen) atoms. The van der Waals surface area contributed by atoms with Crippen LogP contribution in [0.1, 0.15) is 18.4 Å². The van der Waals surface area contributed by atoms with Gasteiger partial charge in [-0.25, -0.2) is 0 Å². The summed E-state index contributed by atoms with van der Waals surface area (Å²) in [6.45, 7) is 0. The predicted molar refractivity (Wildman–Crippen MR) is 58.3 cm³/mol. The molecule has 0 radical (unpaired) electrons. The number of nitrogen functional groups attached to an aromatic ring is 2. The first-order valence-corrected chi connectivity index (χ1v) is 4.67. The molecule has 4 nitrogen and oxygen atoms in total. The lowest BCUT2D eigenvalue weighted by molar-refractivity contribution is 0.901. The minimum atomic E-state index is 0.430. The lowest BCUT2D eigenvalue weighted by atomic mass is 10.1. The minimum Gasteiger partial charge on any atom is -0.397 e. The molecule has 2 rings (SSSR count). The first-order valence-electron chi connectivity index (χ1n) is 4.67. The molecule has 1 aromatic rings. The summed E-state index contributed by atoms with van der Waals surface area (Å²) in [6, 6.07) is 5.76. The zero-order valence-electron chi connectivity index (χ0n) is 7.88. The van der Waals surface area contributed by atoms with Gasteiger partial charge in [-0.05, 0) is 31.0 Å². The molecule has 6 N–H and O–H groups in total. The van der Waals surface area contributed by atoms with Crippen molar-refractivity contribution in [2.24, 2.45) is 0 Å². The van der Waals surface area contributed by atoms with E-state index in [1.54, 1.807) is 12.1 Å². The molecular weight excluding hydrogens is 176 g/mol. The molecule has 1 fully saturated rings. The number of rotatable bonds is 2. The van der Waals surface area contributed by atoms with Gasteiger partial charge in [-0.2, -0.15) is 0 Å². The summed E-state index contributed by atoms with van der Waals surface area (Å²) in [7, 11) is 0. The van der Waals surface area contributed by atoms with Crippen LogP contribution in [0.25, 0.3) is 0 Å². The van der Waals surface area contributed by atoms with Crippen LogP contribution in [0.4, 0.5) is 11.4 Å². The molecule has 1 saturated carbocycles. The predicted octanol–water partition coefficient (Wildman–Crippen LogP) is 0.928. The summed E-state index contributed by atoms with van der Waals surface area (Å²) in [5.74, 6) is 0.430. The van der Waals surface area contributed by atoms with Gasteiger partial charge >= 0.3 is 0 Å². The molecule has 0 heterocycles. The van der Waals surface area contributed by atoms with Crippen molar-refractivity contribution in [1.82, 2.24) is 5.32 Å². The summed E-state index contributed by atoms with van der Waals surface area (Å²) < 4.78 is 0. The zero-order chi connectivity index (χ0) is 10.1. The first-order chi connectivity index (χ1) is 6.66. The first kappa shape index (κ1) is 8.87. The van der Waals surface area contributed by atoms with Crippen LogP contribution < -0.4 is 16.8 Å². The molecule has 0 aliphatic heterocycles. The number of amidine groups is 1. The van der Waals surface area contributed by atoms with Gasteiger partial charge in [-0.3, -0.25) is 5.41 Å². The Hall–Kier alpha value is -1.71. The van der Waals surface area contributed by atoms with E-state index >= 15 is 0 Å². The van der Waals surface area contributed by atoms with Crippen LogP contribution in [0, 0.1) is 5.41 Å². The largest absolute Gasteiger partial charge is 0.397 e. The normalized spacial score (nSPS) is 15.1. The Labute approximate surface area is 82.8 Å². The Balaban J connectivity index is 2.14. The molecule has 1 aromatic carbocycles. The quantitative estimate of drug-likeness (QED) is 0.318. The fourth-order valence-corrected chi connectivity index (χ4v) is 1.25. The van der Waals surface area contributed by atoms with Crippen molar-refractivity contribution in [1.29, 1.82) is 5.41 Å². The smallest absolute Gasteiger partial charge is 0.125 e. The second kappa shape index (κ2) is 3.21. The molecule has 4 heteroatoms. The Kier molecular flexibility index (Phi) is 2.04. The molecule has 0 bridgehead atoms. The van der Waals surface area contributed by atoms with Crippen LogP contribution in [0.15, 0.2) is 18.2 Å². The number of anilines is 2. The molecule has 1 aliphatic carbocycles. The Morgan fingerprint density at radius 2 is 2.00 bits per heavy atom. The SMILES string of the molecule is N=C(NC1CC1)c1ccc(N)c(N)c1. The van der Waals surface area contributed by atoms with Gasteiger partial charge in [-0.1, -0.05) is 0 Å². The van der Waals surface area contributed by atoms with Gasteiger partial charge in [0, 0.05) is 11.6 Å². The van der Waals surface area contributed by atoms with E-state index in [9.17, 15) is 0 Å². The third kappa shape index (κ3) is 1.79. The molecule has 0 amide bonds. The fourth-order valence-electron chi connectivity index (χ4n) is 1.25. The van der Waals surface area contributed by atoms with E-state index in [4.69, 9.17) is 16.9 Å². The number of benzene rings is 1. The van der Waals surface area contributed by atoms with Crippen LogP contribution in [0.2, 0.25) is 0 Å². The lowest BCUT2D eigenvalue weighted by Crippen LogP contribution is -2.25. The van der Waals surface area contributed by atoms with Crippen molar-refractivity contribution < 1.29 is 0 Å². The Morgan fingerprint density at radius 1 is 1.29 bits per heavy atom. The van der Waals surface area contributed by atoms with E-state index in [0.29, 0.717) is 23.3 Å². The van der Waals surface area contributed by atoms with Crippen molar-refractivity contribution in [3.63, 3.8) is 0 Å². The molecular formula is C10H14N4. The number of nitrogens with two attached hydrogens (primary N) is 2. The highest BCUT2D eigenvalue weighted by Crippen LogP contribution is 2.20. The standard InChI is InChI=1S/C10H14N4/c11-8-4-1-6(5-9(8)12)10(13)14-7-2-3-7/h1,4-5,7H,2-3,11-12H2,(H2,13,14). The highest BCUT2D eigenvalue weighted by atomic mass is 15.0. The lowest BCUT2D eigenvalue weighted by Gasteiger charge is -2.08. The van der Waals surface area contributed by atoms with Crippen LogP contribution in [-0.4, -0.2) is 11.9 Å². The Morgan fingerprint density at radius 3 is 2.57 bits per heavy atom. The van der Waals surface area contributed by atoms with Gasteiger partial charge in [0.25, 0.3) is 0 Å². The summed E-state index contributed by atoms with van der Waals surface area (Å²) in [4.78, 5) is 0. The molecule has 1 aliphatic rings. The van der Waals surface area contributed by atoms with Crippen molar-refractivity contribution in [3.8, 4) is 0 Å². The number of hydrogen-bond acceptors (Lipinski definition) is 3. The van der Waals surface area contributed by atoms with Gasteiger partial charge < -0.3 is 16.8 Å². The second-order valence-electron chi connectivity index (χ2n) is 3.64. The average Bonchev–Trinajstić information content (AvgIpc) is 2.93. The van der Waals surface area contributed by atoms with E-state index in [0.717, 1.165) is 18.4 Å². The molecule has 0 spiro atoms.